The van der Waals surface area contributed by atoms with Crippen LogP contribution >= 0.6 is 0 Å². The number of nitrogen functional groups attached to an aromatic ring is 2. The van der Waals surface area contributed by atoms with Gasteiger partial charge in [0.2, 0.25) is 0 Å². The standard InChI is InChI=1S/C34H24N6O8S2.4Na.2O3S/c35-26-12-14-28(24-2-1-3-30(41)33(24)26)39-37-21-9-5-19(6-10-21)4-7-20-8-11-22(16-32(20)50(46,47)48)38-40-29-15-13-27(36)34-25(29)17-23(18-31(34)42)49(43,44)45;;;;;2*1-4(2)3/h2-5,7-18,41-42H,35-36H2,(H,43,44,45)(H,46,47,48);;;;;;/q-2;4*+1;;/p-2/b7-4+,39-37?,40-38?;;;;;;. The van der Waals surface area contributed by atoms with Crippen molar-refractivity contribution in [3.05, 3.63) is 108 Å². The summed E-state index contributed by atoms with van der Waals surface area (Å²) >= 11 is 0. The molecule has 6 N–H and O–H groups in total. The van der Waals surface area contributed by atoms with Gasteiger partial charge in [-0.25, -0.2) is 21.9 Å². The van der Waals surface area contributed by atoms with Crippen LogP contribution in [0.2, 0.25) is 0 Å². The molecule has 6 aromatic rings. The Morgan fingerprint density at radius 1 is 0.581 bits per heavy atom. The van der Waals surface area contributed by atoms with Crippen LogP contribution in [-0.4, -0.2) is 61.4 Å². The molecule has 0 amide bonds. The third-order valence-corrected chi connectivity index (χ3v) is 9.10. The van der Waals surface area contributed by atoms with Gasteiger partial charge in [0.1, 0.15) is 26.0 Å². The van der Waals surface area contributed by atoms with E-state index in [9.17, 15) is 36.2 Å². The second kappa shape index (κ2) is 26.1. The molecule has 0 aliphatic heterocycles. The summed E-state index contributed by atoms with van der Waals surface area (Å²) in [6, 6.07) is 25.2. The van der Waals surface area contributed by atoms with Crippen molar-refractivity contribution < 1.29 is 180 Å². The summed E-state index contributed by atoms with van der Waals surface area (Å²) in [4.78, 5) is -1.31. The Morgan fingerprint density at radius 3 is 1.61 bits per heavy atom. The van der Waals surface area contributed by atoms with Gasteiger partial charge >= 0.3 is 139 Å². The van der Waals surface area contributed by atoms with Crippen LogP contribution in [-0.2, 0) is 41.5 Å². The van der Waals surface area contributed by atoms with Crippen molar-refractivity contribution in [2.45, 2.75) is 9.79 Å². The summed E-state index contributed by atoms with van der Waals surface area (Å²) in [5.74, 6) is -0.592. The molecule has 20 nitrogen and oxygen atoms in total. The molecule has 28 heteroatoms. The van der Waals surface area contributed by atoms with Gasteiger partial charge in [-0.1, -0.05) is 22.9 Å². The average molecular weight is 959 g/mol. The minimum Gasteiger partial charge on any atom is -0.744 e. The van der Waals surface area contributed by atoms with Gasteiger partial charge < -0.3 is 30.8 Å². The van der Waals surface area contributed by atoms with Crippen molar-refractivity contribution in [1.29, 1.82) is 0 Å². The van der Waals surface area contributed by atoms with Gasteiger partial charge in [-0.05, 0) is 54.1 Å². The minimum atomic E-state index is -4.99. The fourth-order valence-corrected chi connectivity index (χ4v) is 6.25. The molecule has 0 atom stereocenters. The summed E-state index contributed by atoms with van der Waals surface area (Å²) in [6.45, 7) is 0. The predicted molar refractivity (Wildman–Crippen MR) is 203 cm³/mol. The quantitative estimate of drug-likeness (QED) is 0.0275. The molecule has 62 heavy (non-hydrogen) atoms. The van der Waals surface area contributed by atoms with Crippen molar-refractivity contribution in [3.8, 4) is 11.5 Å². The third kappa shape index (κ3) is 16.9. The Bertz CT molecular complexity index is 3100. The van der Waals surface area contributed by atoms with Crippen LogP contribution in [0, 0.1) is 12.1 Å². The summed E-state index contributed by atoms with van der Waals surface area (Å²) in [5, 5.41) is 38.0. The molecule has 0 saturated heterocycles. The summed E-state index contributed by atoms with van der Waals surface area (Å²) in [6.07, 6.45) is 2.94. The van der Waals surface area contributed by atoms with E-state index in [2.05, 4.69) is 32.6 Å². The van der Waals surface area contributed by atoms with Crippen LogP contribution in [0.1, 0.15) is 11.1 Å². The predicted octanol–water partition coefficient (Wildman–Crippen LogP) is -7.01. The first kappa shape index (κ1) is 59.0. The second-order valence-corrected chi connectivity index (χ2v) is 14.7. The van der Waals surface area contributed by atoms with E-state index >= 15 is 0 Å². The van der Waals surface area contributed by atoms with Crippen molar-refractivity contribution in [2.24, 2.45) is 20.5 Å². The van der Waals surface area contributed by atoms with Crippen LogP contribution in [0.5, 0.6) is 11.5 Å². The smallest absolute Gasteiger partial charge is 0.744 e. The van der Waals surface area contributed by atoms with Crippen LogP contribution in [0.25, 0.3) is 33.7 Å². The van der Waals surface area contributed by atoms with Gasteiger partial charge in [0, 0.05) is 39.3 Å². The van der Waals surface area contributed by atoms with Gasteiger partial charge in [0.05, 0.1) is 21.2 Å². The number of nitrogens with two attached hydrogens (primary N) is 2. The number of anilines is 2. The molecule has 0 aliphatic rings. The van der Waals surface area contributed by atoms with Gasteiger partial charge in [-0.15, -0.1) is 66.8 Å². The minimum absolute atomic E-state index is 0. The molecule has 0 aromatic heterocycles. The van der Waals surface area contributed by atoms with E-state index in [4.69, 9.17) is 36.7 Å². The maximum absolute atomic E-state index is 12.2. The van der Waals surface area contributed by atoms with E-state index in [1.54, 1.807) is 36.4 Å². The monoisotopic (exact) mass is 958 g/mol. The van der Waals surface area contributed by atoms with Crippen LogP contribution < -0.4 is 130 Å². The Hall–Kier alpha value is -2.96. The number of phenols is 2. The molecule has 0 spiro atoms. The number of benzene rings is 6. The Morgan fingerprint density at radius 2 is 1.10 bits per heavy atom. The maximum atomic E-state index is 12.2. The molecule has 0 heterocycles. The Kier molecular flexibility index (Phi) is 24.9. The molecule has 6 rings (SSSR count). The van der Waals surface area contributed by atoms with E-state index in [0.717, 1.165) is 18.2 Å². The molecule has 0 unspecified atom stereocenters. The third-order valence-electron chi connectivity index (χ3n) is 7.40. The molecule has 0 bridgehead atoms. The SMILES string of the molecule is Nc1ccc(N=Nc2c[c-]c(/C=C/c3ccc(N=Nc4ccc(N)c5c(O)cc(S(=O)(=O)[O-])cc45)cc3S(=O)(=O)[O-])cc2)c2c[c-]cc(O)c12.O=S(=O)=O.O=S(=O)=O.[Na+].[Na+].[Na+].[Na+]. The van der Waals surface area contributed by atoms with Gasteiger partial charge in [0.15, 0.2) is 0 Å². The van der Waals surface area contributed by atoms with E-state index in [1.807, 2.05) is 0 Å². The number of azo groups is 2. The number of hydrogen-bond donors (Lipinski definition) is 4. The zero-order valence-electron chi connectivity index (χ0n) is 32.6. The maximum Gasteiger partial charge on any atom is 1.00 e. The number of phenolic OH excluding ortho intramolecular Hbond substituents is 2. The van der Waals surface area contributed by atoms with Gasteiger partial charge in [0.25, 0.3) is 0 Å². The second-order valence-electron chi connectivity index (χ2n) is 11.1. The number of nitrogens with zero attached hydrogens (tertiary/aromatic N) is 4. The topological polar surface area (TPSA) is 359 Å². The summed E-state index contributed by atoms with van der Waals surface area (Å²) < 4.78 is 122. The van der Waals surface area contributed by atoms with E-state index in [-0.39, 0.29) is 157 Å². The number of hydrogen-bond acceptors (Lipinski definition) is 20. The summed E-state index contributed by atoms with van der Waals surface area (Å²) in [5.41, 5.74) is 13.8. The fraction of sp³-hybridized carbons (Fsp3) is 0. The first-order chi connectivity index (χ1) is 27.1. The average Bonchev–Trinajstić information content (AvgIpc) is 3.13. The molecule has 0 aliphatic carbocycles. The number of aromatic hydroxyl groups is 2. The molecule has 0 fully saturated rings. The van der Waals surface area contributed by atoms with Crippen molar-refractivity contribution in [3.63, 3.8) is 0 Å². The van der Waals surface area contributed by atoms with Gasteiger partial charge in [-0.2, -0.15) is 27.9 Å². The zero-order chi connectivity index (χ0) is 42.9. The largest absolute Gasteiger partial charge is 1.00 e. The normalized spacial score (nSPS) is 10.9. The molecular weight excluding hydrogens is 937 g/mol. The zero-order valence-corrected chi connectivity index (χ0v) is 43.9. The van der Waals surface area contributed by atoms with Crippen LogP contribution in [0.3, 0.4) is 0 Å². The van der Waals surface area contributed by atoms with Crippen LogP contribution in [0.4, 0.5) is 34.1 Å². The van der Waals surface area contributed by atoms with Crippen LogP contribution in [0.15, 0.2) is 115 Å². The number of rotatable bonds is 8. The van der Waals surface area contributed by atoms with Crippen molar-refractivity contribution >= 4 is 109 Å². The van der Waals surface area contributed by atoms with Gasteiger partial charge in [-0.3, -0.25) is 0 Å². The fourth-order valence-electron chi connectivity index (χ4n) is 5.04. The molecule has 6 aromatic carbocycles. The molecule has 0 radical (unpaired) electrons. The Balaban J connectivity index is 0.00000286. The van der Waals surface area contributed by atoms with E-state index in [1.165, 1.54) is 42.5 Å². The van der Waals surface area contributed by atoms with E-state index < -0.39 is 57.0 Å². The van der Waals surface area contributed by atoms with Crippen molar-refractivity contribution in [2.75, 3.05) is 11.5 Å². The molecular formula is C34H22N6Na4O14S4. The molecule has 0 saturated carbocycles. The number of fused-ring (bicyclic) bond motifs is 2. The first-order valence-electron chi connectivity index (χ1n) is 15.2. The Labute approximate surface area is 444 Å². The first-order valence-corrected chi connectivity index (χ1v) is 20.1. The molecule has 300 valence electrons. The summed E-state index contributed by atoms with van der Waals surface area (Å²) in [7, 11) is -16.2. The van der Waals surface area contributed by atoms with E-state index in [0.29, 0.717) is 33.4 Å². The van der Waals surface area contributed by atoms with Crippen molar-refractivity contribution in [1.82, 2.24) is 0 Å².